The molecule has 1 fully saturated rings. The third-order valence-electron chi connectivity index (χ3n) is 3.11. The Morgan fingerprint density at radius 2 is 2.00 bits per heavy atom. The van der Waals surface area contributed by atoms with Gasteiger partial charge in [-0.15, -0.1) is 0 Å². The molecular weight excluding hydrogens is 214 g/mol. The number of carbonyl (C=O) groups excluding carboxylic acids is 1. The Kier molecular flexibility index (Phi) is 3.18. The SMILES string of the molecule is C=C1OC(c2ccccc2)[C@H](C(C)C)N1C=O. The first-order chi connectivity index (χ1) is 8.15. The second-order valence-corrected chi connectivity index (χ2v) is 4.59. The maximum atomic E-state index is 11.1. The molecule has 1 aliphatic heterocycles. The van der Waals surface area contributed by atoms with Crippen LogP contribution in [0.2, 0.25) is 0 Å². The van der Waals surface area contributed by atoms with Gasteiger partial charge in [0, 0.05) is 0 Å². The largest absolute Gasteiger partial charge is 0.469 e. The fourth-order valence-corrected chi connectivity index (χ4v) is 2.30. The zero-order chi connectivity index (χ0) is 12.4. The van der Waals surface area contributed by atoms with Crippen LogP contribution in [0, 0.1) is 5.92 Å². The Morgan fingerprint density at radius 1 is 1.35 bits per heavy atom. The van der Waals surface area contributed by atoms with Crippen molar-refractivity contribution in [2.24, 2.45) is 5.92 Å². The van der Waals surface area contributed by atoms with E-state index in [1.807, 2.05) is 30.3 Å². The van der Waals surface area contributed by atoms with Crippen LogP contribution >= 0.6 is 0 Å². The van der Waals surface area contributed by atoms with Crippen molar-refractivity contribution in [3.05, 3.63) is 48.4 Å². The molecule has 1 aromatic carbocycles. The van der Waals surface area contributed by atoms with Gasteiger partial charge in [0.15, 0.2) is 5.88 Å². The van der Waals surface area contributed by atoms with E-state index in [1.165, 1.54) is 0 Å². The fraction of sp³-hybridized carbons (Fsp3) is 0.357. The molecule has 2 rings (SSSR count). The number of rotatable bonds is 3. The average Bonchev–Trinajstić information content (AvgIpc) is 2.67. The highest BCUT2D eigenvalue weighted by Crippen LogP contribution is 2.38. The lowest BCUT2D eigenvalue weighted by Gasteiger charge is -2.25. The Morgan fingerprint density at radius 3 is 2.53 bits per heavy atom. The molecule has 0 aliphatic carbocycles. The molecule has 0 saturated carbocycles. The Labute approximate surface area is 102 Å². The summed E-state index contributed by atoms with van der Waals surface area (Å²) in [6.07, 6.45) is 0.685. The van der Waals surface area contributed by atoms with Gasteiger partial charge >= 0.3 is 0 Å². The van der Waals surface area contributed by atoms with Crippen molar-refractivity contribution in [2.75, 3.05) is 0 Å². The van der Waals surface area contributed by atoms with Crippen molar-refractivity contribution >= 4 is 6.41 Å². The average molecular weight is 231 g/mol. The monoisotopic (exact) mass is 231 g/mol. The molecule has 0 N–H and O–H groups in total. The van der Waals surface area contributed by atoms with Gasteiger partial charge in [-0.25, -0.2) is 0 Å². The highest BCUT2D eigenvalue weighted by Gasteiger charge is 2.40. The van der Waals surface area contributed by atoms with Crippen molar-refractivity contribution in [3.8, 4) is 0 Å². The summed E-state index contributed by atoms with van der Waals surface area (Å²) in [6.45, 7) is 7.95. The molecule has 0 radical (unpaired) electrons. The minimum Gasteiger partial charge on any atom is -0.469 e. The molecule has 0 spiro atoms. The Balaban J connectivity index is 2.34. The smallest absolute Gasteiger partial charge is 0.216 e. The molecule has 1 saturated heterocycles. The molecule has 0 bridgehead atoms. The fourth-order valence-electron chi connectivity index (χ4n) is 2.30. The molecule has 3 heteroatoms. The molecule has 1 amide bonds. The number of hydrogen-bond acceptors (Lipinski definition) is 2. The number of hydrogen-bond donors (Lipinski definition) is 0. The second kappa shape index (κ2) is 4.62. The van der Waals surface area contributed by atoms with E-state index in [-0.39, 0.29) is 12.1 Å². The van der Waals surface area contributed by atoms with Crippen LogP contribution in [0.15, 0.2) is 42.8 Å². The summed E-state index contributed by atoms with van der Waals surface area (Å²) in [7, 11) is 0. The minimum atomic E-state index is -0.117. The number of carbonyl (C=O) groups is 1. The summed E-state index contributed by atoms with van der Waals surface area (Å²) >= 11 is 0. The van der Waals surface area contributed by atoms with Crippen molar-refractivity contribution in [2.45, 2.75) is 26.0 Å². The van der Waals surface area contributed by atoms with Crippen LogP contribution in [-0.2, 0) is 9.53 Å². The van der Waals surface area contributed by atoms with Crippen LogP contribution < -0.4 is 0 Å². The predicted molar refractivity (Wildman–Crippen MR) is 65.9 cm³/mol. The number of ether oxygens (including phenoxy) is 1. The molecule has 1 aromatic rings. The van der Waals surface area contributed by atoms with E-state index in [9.17, 15) is 4.79 Å². The summed E-state index contributed by atoms with van der Waals surface area (Å²) in [4.78, 5) is 12.7. The minimum absolute atomic E-state index is 0.0161. The molecule has 1 aliphatic rings. The summed E-state index contributed by atoms with van der Waals surface area (Å²) in [6, 6.07) is 9.96. The van der Waals surface area contributed by atoms with Crippen molar-refractivity contribution in [1.29, 1.82) is 0 Å². The number of benzene rings is 1. The van der Waals surface area contributed by atoms with Crippen LogP contribution in [-0.4, -0.2) is 17.4 Å². The van der Waals surface area contributed by atoms with Gasteiger partial charge in [0.1, 0.15) is 6.10 Å². The molecule has 2 atom stereocenters. The zero-order valence-electron chi connectivity index (χ0n) is 10.2. The van der Waals surface area contributed by atoms with Gasteiger partial charge in [0.25, 0.3) is 0 Å². The van der Waals surface area contributed by atoms with Crippen LogP contribution in [0.1, 0.15) is 25.5 Å². The van der Waals surface area contributed by atoms with E-state index >= 15 is 0 Å². The zero-order valence-corrected chi connectivity index (χ0v) is 10.2. The van der Waals surface area contributed by atoms with Crippen LogP contribution in [0.5, 0.6) is 0 Å². The standard InChI is InChI=1S/C14H17NO2/c1-10(2)13-14(12-7-5-4-6-8-12)17-11(3)15(13)9-16/h4-10,13-14H,3H2,1-2H3/t13-,14?/m0/s1. The van der Waals surface area contributed by atoms with E-state index in [0.717, 1.165) is 12.0 Å². The van der Waals surface area contributed by atoms with Gasteiger partial charge in [-0.1, -0.05) is 44.2 Å². The van der Waals surface area contributed by atoms with Gasteiger partial charge in [0.05, 0.1) is 6.04 Å². The predicted octanol–water partition coefficient (Wildman–Crippen LogP) is 2.71. The molecule has 17 heavy (non-hydrogen) atoms. The lowest BCUT2D eigenvalue weighted by atomic mass is 9.93. The number of nitrogens with zero attached hydrogens (tertiary/aromatic N) is 1. The first-order valence-electron chi connectivity index (χ1n) is 5.79. The molecule has 90 valence electrons. The van der Waals surface area contributed by atoms with Gasteiger partial charge in [-0.3, -0.25) is 9.69 Å². The highest BCUT2D eigenvalue weighted by molar-refractivity contribution is 5.52. The normalized spacial score (nSPS) is 23.9. The summed E-state index contributed by atoms with van der Waals surface area (Å²) in [5, 5.41) is 0. The third kappa shape index (κ3) is 2.05. The maximum absolute atomic E-state index is 11.1. The van der Waals surface area contributed by atoms with E-state index < -0.39 is 0 Å². The number of amides is 1. The van der Waals surface area contributed by atoms with E-state index in [4.69, 9.17) is 4.74 Å². The van der Waals surface area contributed by atoms with Crippen LogP contribution in [0.4, 0.5) is 0 Å². The molecule has 3 nitrogen and oxygen atoms in total. The quantitative estimate of drug-likeness (QED) is 0.748. The first kappa shape index (κ1) is 11.7. The summed E-state index contributed by atoms with van der Waals surface area (Å²) in [5.74, 6) is 0.747. The van der Waals surface area contributed by atoms with Gasteiger partial charge in [0.2, 0.25) is 6.41 Å². The Hall–Kier alpha value is -1.77. The van der Waals surface area contributed by atoms with E-state index in [2.05, 4.69) is 20.4 Å². The van der Waals surface area contributed by atoms with Crippen molar-refractivity contribution in [1.82, 2.24) is 4.90 Å². The summed E-state index contributed by atoms with van der Waals surface area (Å²) < 4.78 is 5.72. The Bertz CT molecular complexity index is 413. The molecular formula is C14H17NO2. The van der Waals surface area contributed by atoms with Crippen molar-refractivity contribution < 1.29 is 9.53 Å². The van der Waals surface area contributed by atoms with Crippen molar-refractivity contribution in [3.63, 3.8) is 0 Å². The van der Waals surface area contributed by atoms with Gasteiger partial charge < -0.3 is 4.74 Å². The first-order valence-corrected chi connectivity index (χ1v) is 5.79. The lowest BCUT2D eigenvalue weighted by molar-refractivity contribution is -0.118. The van der Waals surface area contributed by atoms with Gasteiger partial charge in [-0.2, -0.15) is 0 Å². The van der Waals surface area contributed by atoms with E-state index in [0.29, 0.717) is 11.8 Å². The highest BCUT2D eigenvalue weighted by atomic mass is 16.5. The van der Waals surface area contributed by atoms with Crippen LogP contribution in [0.3, 0.4) is 0 Å². The van der Waals surface area contributed by atoms with Crippen LogP contribution in [0.25, 0.3) is 0 Å². The molecule has 1 unspecified atom stereocenters. The molecule has 0 aromatic heterocycles. The van der Waals surface area contributed by atoms with E-state index in [1.54, 1.807) is 4.90 Å². The van der Waals surface area contributed by atoms with Gasteiger partial charge in [-0.05, 0) is 18.1 Å². The lowest BCUT2D eigenvalue weighted by Crippen LogP contribution is -2.34. The maximum Gasteiger partial charge on any atom is 0.216 e. The topological polar surface area (TPSA) is 29.5 Å². The summed E-state index contributed by atoms with van der Waals surface area (Å²) in [5.41, 5.74) is 1.08. The molecule has 1 heterocycles. The second-order valence-electron chi connectivity index (χ2n) is 4.59. The third-order valence-corrected chi connectivity index (χ3v) is 3.11.